The van der Waals surface area contributed by atoms with Crippen LogP contribution >= 0.6 is 12.4 Å². The highest BCUT2D eigenvalue weighted by Crippen LogP contribution is 2.21. The molecule has 2 fully saturated rings. The fourth-order valence-corrected chi connectivity index (χ4v) is 2.92. The van der Waals surface area contributed by atoms with Crippen molar-refractivity contribution in [2.45, 2.75) is 25.7 Å². The number of nitrogens with one attached hydrogen (secondary N) is 2. The maximum atomic E-state index is 12.4. The van der Waals surface area contributed by atoms with Crippen LogP contribution in [-0.4, -0.2) is 49.9 Å². The van der Waals surface area contributed by atoms with Crippen molar-refractivity contribution in [1.29, 1.82) is 0 Å². The Hall–Kier alpha value is -0.810. The predicted octanol–water partition coefficient (Wildman–Crippen LogP) is 0.392. The summed E-state index contributed by atoms with van der Waals surface area (Å²) in [6.45, 7) is 3.21. The Kier molecular flexibility index (Phi) is 6.58. The number of amides is 2. The van der Waals surface area contributed by atoms with Crippen LogP contribution in [-0.2, 0) is 9.59 Å². The van der Waals surface area contributed by atoms with Gasteiger partial charge in [-0.15, -0.1) is 12.4 Å². The van der Waals surface area contributed by atoms with Crippen LogP contribution in [0.4, 0.5) is 0 Å². The van der Waals surface area contributed by atoms with Gasteiger partial charge in [-0.1, -0.05) is 0 Å². The van der Waals surface area contributed by atoms with E-state index in [4.69, 9.17) is 0 Å². The Morgan fingerprint density at radius 3 is 2.58 bits per heavy atom. The number of nitrogens with zero attached hydrogens (tertiary/aromatic N) is 1. The van der Waals surface area contributed by atoms with Gasteiger partial charge in [0.05, 0.1) is 11.8 Å². The van der Waals surface area contributed by atoms with Crippen molar-refractivity contribution < 1.29 is 9.59 Å². The topological polar surface area (TPSA) is 61.4 Å². The van der Waals surface area contributed by atoms with E-state index in [2.05, 4.69) is 10.6 Å². The van der Waals surface area contributed by atoms with Crippen LogP contribution in [0.25, 0.3) is 0 Å². The minimum Gasteiger partial charge on any atom is -0.359 e. The van der Waals surface area contributed by atoms with Gasteiger partial charge < -0.3 is 15.5 Å². The fraction of sp³-hybridized carbons (Fsp3) is 0.846. The molecular weight excluding hydrogens is 266 g/mol. The van der Waals surface area contributed by atoms with Crippen LogP contribution < -0.4 is 10.6 Å². The van der Waals surface area contributed by atoms with Crippen LogP contribution in [0.2, 0.25) is 0 Å². The summed E-state index contributed by atoms with van der Waals surface area (Å²) < 4.78 is 0. The largest absolute Gasteiger partial charge is 0.359 e. The average molecular weight is 290 g/mol. The zero-order chi connectivity index (χ0) is 13.0. The standard InChI is InChI=1S/C13H23N3O2.ClH/c1-14-12(17)11-5-3-7-16(9-11)13(18)10-4-2-6-15-8-10;/h10-11,15H,2-9H2,1H3,(H,14,17);1H/t10-,11?;/m1./s1. The van der Waals surface area contributed by atoms with Crippen molar-refractivity contribution >= 4 is 24.2 Å². The van der Waals surface area contributed by atoms with Gasteiger partial charge in [-0.3, -0.25) is 9.59 Å². The monoisotopic (exact) mass is 289 g/mol. The Labute approximate surface area is 120 Å². The van der Waals surface area contributed by atoms with E-state index in [9.17, 15) is 9.59 Å². The zero-order valence-corrected chi connectivity index (χ0v) is 12.3. The van der Waals surface area contributed by atoms with E-state index in [0.29, 0.717) is 6.54 Å². The first-order valence-electron chi connectivity index (χ1n) is 6.93. The van der Waals surface area contributed by atoms with Crippen LogP contribution in [0.15, 0.2) is 0 Å². The summed E-state index contributed by atoms with van der Waals surface area (Å²) in [5.41, 5.74) is 0. The van der Waals surface area contributed by atoms with Crippen LogP contribution in [0.3, 0.4) is 0 Å². The normalized spacial score (nSPS) is 27.3. The van der Waals surface area contributed by atoms with Crippen molar-refractivity contribution in [3.63, 3.8) is 0 Å². The number of carbonyl (C=O) groups is 2. The first-order valence-corrected chi connectivity index (χ1v) is 6.93. The quantitative estimate of drug-likeness (QED) is 0.773. The molecule has 0 aromatic carbocycles. The summed E-state index contributed by atoms with van der Waals surface area (Å²) >= 11 is 0. The van der Waals surface area contributed by atoms with E-state index in [1.807, 2.05) is 4.90 Å². The maximum Gasteiger partial charge on any atom is 0.226 e. The molecule has 2 aliphatic heterocycles. The van der Waals surface area contributed by atoms with Crippen molar-refractivity contribution in [2.75, 3.05) is 33.2 Å². The molecular formula is C13H24ClN3O2. The van der Waals surface area contributed by atoms with Crippen LogP contribution in [0, 0.1) is 11.8 Å². The molecule has 5 nitrogen and oxygen atoms in total. The van der Waals surface area contributed by atoms with Crippen molar-refractivity contribution in [1.82, 2.24) is 15.5 Å². The van der Waals surface area contributed by atoms with E-state index < -0.39 is 0 Å². The lowest BCUT2D eigenvalue weighted by molar-refractivity contribution is -0.139. The second-order valence-electron chi connectivity index (χ2n) is 5.28. The van der Waals surface area contributed by atoms with Gasteiger partial charge in [0.15, 0.2) is 0 Å². The number of hydrogen-bond donors (Lipinski definition) is 2. The lowest BCUT2D eigenvalue weighted by Gasteiger charge is -2.35. The van der Waals surface area contributed by atoms with Gasteiger partial charge in [0.1, 0.15) is 0 Å². The van der Waals surface area contributed by atoms with Gasteiger partial charge in [0.2, 0.25) is 11.8 Å². The highest BCUT2D eigenvalue weighted by molar-refractivity contribution is 5.85. The van der Waals surface area contributed by atoms with Gasteiger partial charge in [-0.2, -0.15) is 0 Å². The highest BCUT2D eigenvalue weighted by Gasteiger charge is 2.31. The second kappa shape index (κ2) is 7.70. The van der Waals surface area contributed by atoms with Gasteiger partial charge in [0, 0.05) is 26.7 Å². The molecule has 2 aliphatic rings. The number of hydrogen-bond acceptors (Lipinski definition) is 3. The van der Waals surface area contributed by atoms with Crippen molar-refractivity contribution in [3.05, 3.63) is 0 Å². The molecule has 2 saturated heterocycles. The van der Waals surface area contributed by atoms with Gasteiger partial charge in [-0.25, -0.2) is 0 Å². The molecule has 0 aliphatic carbocycles. The first-order chi connectivity index (χ1) is 8.72. The third kappa shape index (κ3) is 4.08. The van der Waals surface area contributed by atoms with E-state index in [-0.39, 0.29) is 36.1 Å². The summed E-state index contributed by atoms with van der Waals surface area (Å²) in [5.74, 6) is 0.386. The van der Waals surface area contributed by atoms with Crippen molar-refractivity contribution in [3.8, 4) is 0 Å². The molecule has 6 heteroatoms. The highest BCUT2D eigenvalue weighted by atomic mass is 35.5. The lowest BCUT2D eigenvalue weighted by Crippen LogP contribution is -2.49. The van der Waals surface area contributed by atoms with Gasteiger partial charge >= 0.3 is 0 Å². The number of rotatable bonds is 2. The molecule has 2 atom stereocenters. The Morgan fingerprint density at radius 2 is 1.95 bits per heavy atom. The van der Waals surface area contributed by atoms with Gasteiger partial charge in [0.25, 0.3) is 0 Å². The van der Waals surface area contributed by atoms with Crippen molar-refractivity contribution in [2.24, 2.45) is 11.8 Å². The molecule has 2 heterocycles. The minimum atomic E-state index is -0.0238. The molecule has 110 valence electrons. The molecule has 1 unspecified atom stereocenters. The number of likely N-dealkylation sites (tertiary alicyclic amines) is 1. The Bertz CT molecular complexity index is 319. The third-order valence-electron chi connectivity index (χ3n) is 4.00. The first kappa shape index (κ1) is 16.2. The molecule has 0 saturated carbocycles. The summed E-state index contributed by atoms with van der Waals surface area (Å²) in [6.07, 6.45) is 3.88. The predicted molar refractivity (Wildman–Crippen MR) is 76.2 cm³/mol. The number of halogens is 1. The molecule has 0 aromatic rings. The van der Waals surface area contributed by atoms with Gasteiger partial charge in [-0.05, 0) is 32.2 Å². The molecule has 2 N–H and O–H groups in total. The minimum absolute atomic E-state index is 0. The molecule has 0 spiro atoms. The van der Waals surface area contributed by atoms with E-state index in [1.54, 1.807) is 7.05 Å². The molecule has 19 heavy (non-hydrogen) atoms. The van der Waals surface area contributed by atoms with E-state index in [0.717, 1.165) is 45.3 Å². The zero-order valence-electron chi connectivity index (χ0n) is 11.5. The molecule has 2 amide bonds. The number of carbonyl (C=O) groups excluding carboxylic acids is 2. The maximum absolute atomic E-state index is 12.4. The van der Waals surface area contributed by atoms with E-state index >= 15 is 0 Å². The van der Waals surface area contributed by atoms with E-state index in [1.165, 1.54) is 0 Å². The average Bonchev–Trinajstić information content (AvgIpc) is 2.46. The third-order valence-corrected chi connectivity index (χ3v) is 4.00. The fourth-order valence-electron chi connectivity index (χ4n) is 2.92. The SMILES string of the molecule is CNC(=O)C1CCCN(C(=O)[C@@H]2CCCNC2)C1.Cl. The smallest absolute Gasteiger partial charge is 0.226 e. The second-order valence-corrected chi connectivity index (χ2v) is 5.28. The Morgan fingerprint density at radius 1 is 1.21 bits per heavy atom. The van der Waals surface area contributed by atoms with Crippen LogP contribution in [0.1, 0.15) is 25.7 Å². The van der Waals surface area contributed by atoms with Crippen LogP contribution in [0.5, 0.6) is 0 Å². The Balaban J connectivity index is 0.00000180. The summed E-state index contributed by atoms with van der Waals surface area (Å²) in [5, 5.41) is 5.96. The lowest BCUT2D eigenvalue weighted by atomic mass is 9.93. The number of piperidine rings is 2. The molecule has 0 radical (unpaired) electrons. The summed E-state index contributed by atoms with van der Waals surface area (Å²) in [4.78, 5) is 25.9. The summed E-state index contributed by atoms with van der Waals surface area (Å²) in [6, 6.07) is 0. The summed E-state index contributed by atoms with van der Waals surface area (Å²) in [7, 11) is 1.66. The molecule has 2 rings (SSSR count). The molecule has 0 bridgehead atoms. The molecule has 0 aromatic heterocycles.